The second kappa shape index (κ2) is 15.2. The molecular formula is C27H42N6O6. The zero-order valence-corrected chi connectivity index (χ0v) is 22.8. The van der Waals surface area contributed by atoms with Crippen LogP contribution >= 0.6 is 0 Å². The maximum absolute atomic E-state index is 13.2. The number of hydrogen-bond acceptors (Lipinski definition) is 7. The van der Waals surface area contributed by atoms with Crippen LogP contribution in [0.1, 0.15) is 52.0 Å². The van der Waals surface area contributed by atoms with E-state index < -0.39 is 54.0 Å². The lowest BCUT2D eigenvalue weighted by atomic mass is 9.96. The number of nitrogens with one attached hydrogen (secondary N) is 4. The summed E-state index contributed by atoms with van der Waals surface area (Å²) in [6, 6.07) is 2.76. The van der Waals surface area contributed by atoms with Crippen molar-refractivity contribution >= 4 is 34.6 Å². The number of amides is 3. The van der Waals surface area contributed by atoms with E-state index in [1.807, 2.05) is 31.2 Å². The monoisotopic (exact) mass is 546 g/mol. The molecule has 10 N–H and O–H groups in total. The molecule has 0 saturated carbocycles. The zero-order chi connectivity index (χ0) is 29.1. The predicted molar refractivity (Wildman–Crippen MR) is 147 cm³/mol. The van der Waals surface area contributed by atoms with Gasteiger partial charge >= 0.3 is 5.97 Å². The van der Waals surface area contributed by atoms with Gasteiger partial charge in [-0.05, 0) is 43.9 Å². The van der Waals surface area contributed by atoms with Gasteiger partial charge in [-0.3, -0.25) is 14.4 Å². The molecule has 2 rings (SSSR count). The van der Waals surface area contributed by atoms with Crippen molar-refractivity contribution in [2.45, 2.75) is 83.1 Å². The summed E-state index contributed by atoms with van der Waals surface area (Å²) >= 11 is 0. The fourth-order valence-corrected chi connectivity index (χ4v) is 4.23. The maximum atomic E-state index is 13.2. The minimum absolute atomic E-state index is 0.0147. The van der Waals surface area contributed by atoms with Crippen molar-refractivity contribution in [3.8, 4) is 0 Å². The lowest BCUT2D eigenvalue weighted by molar-refractivity contribution is -0.143. The number of aliphatic hydroxyl groups excluding tert-OH is 1. The van der Waals surface area contributed by atoms with Crippen LogP contribution in [0.15, 0.2) is 30.5 Å². The molecule has 0 saturated heterocycles. The number of fused-ring (bicyclic) bond motifs is 1. The van der Waals surface area contributed by atoms with Gasteiger partial charge in [0.15, 0.2) is 0 Å². The number of carboxylic acid groups (broad SMARTS) is 1. The summed E-state index contributed by atoms with van der Waals surface area (Å²) in [6.45, 7) is 5.41. The first-order chi connectivity index (χ1) is 18.5. The maximum Gasteiger partial charge on any atom is 0.326 e. The van der Waals surface area contributed by atoms with Crippen LogP contribution in [-0.4, -0.2) is 75.7 Å². The van der Waals surface area contributed by atoms with Gasteiger partial charge < -0.3 is 42.6 Å². The van der Waals surface area contributed by atoms with Crippen molar-refractivity contribution in [2.24, 2.45) is 17.4 Å². The topological polar surface area (TPSA) is 213 Å². The standard InChI is InChI=1S/C27H42N6O6/c1-4-15(2)22(32-24(35)19(29)10-7-8-12-28)25(36)33-23(16(3)34)26(37)31-21(27(38)39)13-17-14-30-20-11-6-5-9-18(17)20/h5-6,9,11,14-16,19,21-23,30,34H,4,7-8,10,12-13,28-29H2,1-3H3,(H,31,37)(H,32,35)(H,33,36)(H,38,39). The number of rotatable bonds is 16. The Morgan fingerprint density at radius 3 is 2.23 bits per heavy atom. The van der Waals surface area contributed by atoms with E-state index in [2.05, 4.69) is 20.9 Å². The van der Waals surface area contributed by atoms with Crippen LogP contribution in [0.3, 0.4) is 0 Å². The Hall–Kier alpha value is -3.48. The third kappa shape index (κ3) is 9.05. The first kappa shape index (κ1) is 31.7. The molecule has 3 amide bonds. The number of aromatic amines is 1. The van der Waals surface area contributed by atoms with Crippen molar-refractivity contribution in [2.75, 3.05) is 6.54 Å². The van der Waals surface area contributed by atoms with Crippen LogP contribution in [0, 0.1) is 5.92 Å². The normalized spacial score (nSPS) is 15.9. The van der Waals surface area contributed by atoms with Crippen molar-refractivity contribution in [1.82, 2.24) is 20.9 Å². The quantitative estimate of drug-likeness (QED) is 0.135. The largest absolute Gasteiger partial charge is 0.480 e. The molecule has 6 unspecified atom stereocenters. The average molecular weight is 547 g/mol. The highest BCUT2D eigenvalue weighted by Crippen LogP contribution is 2.19. The van der Waals surface area contributed by atoms with Crippen LogP contribution in [0.25, 0.3) is 10.9 Å². The molecule has 6 atom stereocenters. The summed E-state index contributed by atoms with van der Waals surface area (Å²) in [7, 11) is 0. The molecule has 12 heteroatoms. The van der Waals surface area contributed by atoms with E-state index in [0.29, 0.717) is 31.4 Å². The minimum atomic E-state index is -1.45. The van der Waals surface area contributed by atoms with E-state index in [1.54, 1.807) is 13.1 Å². The van der Waals surface area contributed by atoms with E-state index >= 15 is 0 Å². The molecule has 0 bridgehead atoms. The third-order valence-electron chi connectivity index (χ3n) is 6.88. The number of carbonyl (C=O) groups is 4. The fourth-order valence-electron chi connectivity index (χ4n) is 4.23. The molecule has 0 fully saturated rings. The van der Waals surface area contributed by atoms with Gasteiger partial charge in [0, 0.05) is 23.5 Å². The smallest absolute Gasteiger partial charge is 0.326 e. The van der Waals surface area contributed by atoms with Crippen molar-refractivity contribution in [3.05, 3.63) is 36.0 Å². The van der Waals surface area contributed by atoms with Crippen LogP contribution < -0.4 is 27.4 Å². The first-order valence-electron chi connectivity index (χ1n) is 13.3. The Labute approximate surface area is 228 Å². The Morgan fingerprint density at radius 1 is 0.974 bits per heavy atom. The molecule has 0 spiro atoms. The van der Waals surface area contributed by atoms with Gasteiger partial charge in [-0.1, -0.05) is 44.9 Å². The van der Waals surface area contributed by atoms with Crippen molar-refractivity contribution < 1.29 is 29.4 Å². The summed E-state index contributed by atoms with van der Waals surface area (Å²) < 4.78 is 0. The molecule has 0 aliphatic heterocycles. The number of unbranched alkanes of at least 4 members (excludes halogenated alkanes) is 1. The number of para-hydroxylation sites is 1. The molecule has 1 heterocycles. The molecule has 216 valence electrons. The highest BCUT2D eigenvalue weighted by Gasteiger charge is 2.34. The Bertz CT molecular complexity index is 1120. The van der Waals surface area contributed by atoms with Gasteiger partial charge in [-0.25, -0.2) is 4.79 Å². The zero-order valence-electron chi connectivity index (χ0n) is 22.8. The highest BCUT2D eigenvalue weighted by molar-refractivity contribution is 5.94. The highest BCUT2D eigenvalue weighted by atomic mass is 16.4. The van der Waals surface area contributed by atoms with Gasteiger partial charge in [0.2, 0.25) is 17.7 Å². The number of nitrogens with two attached hydrogens (primary N) is 2. The molecule has 39 heavy (non-hydrogen) atoms. The second-order valence-corrected chi connectivity index (χ2v) is 9.95. The number of carbonyl (C=O) groups excluding carboxylic acids is 3. The van der Waals surface area contributed by atoms with Crippen LogP contribution in [-0.2, 0) is 25.6 Å². The lowest BCUT2D eigenvalue weighted by Gasteiger charge is -2.29. The molecule has 1 aromatic heterocycles. The number of carboxylic acids is 1. The molecule has 0 aliphatic rings. The van der Waals surface area contributed by atoms with Crippen molar-refractivity contribution in [1.29, 1.82) is 0 Å². The summed E-state index contributed by atoms with van der Waals surface area (Å²) in [6.07, 6.45) is 2.66. The summed E-state index contributed by atoms with van der Waals surface area (Å²) in [4.78, 5) is 54.0. The van der Waals surface area contributed by atoms with E-state index in [4.69, 9.17) is 11.5 Å². The van der Waals surface area contributed by atoms with Gasteiger partial charge in [0.1, 0.15) is 18.1 Å². The SMILES string of the molecule is CCC(C)C(NC(=O)C(N)CCCCN)C(=O)NC(C(=O)NC(Cc1c[nH]c2ccccc12)C(=O)O)C(C)O. The van der Waals surface area contributed by atoms with Gasteiger partial charge in [0.05, 0.1) is 12.1 Å². The Kier molecular flexibility index (Phi) is 12.4. The number of H-pyrrole nitrogens is 1. The molecular weight excluding hydrogens is 504 g/mol. The van der Waals surface area contributed by atoms with E-state index in [9.17, 15) is 29.4 Å². The van der Waals surface area contributed by atoms with E-state index in [0.717, 1.165) is 17.3 Å². The fraction of sp³-hybridized carbons (Fsp3) is 0.556. The van der Waals surface area contributed by atoms with E-state index in [1.165, 1.54) is 6.92 Å². The number of aromatic nitrogens is 1. The molecule has 2 aromatic rings. The number of aliphatic hydroxyl groups is 1. The third-order valence-corrected chi connectivity index (χ3v) is 6.88. The van der Waals surface area contributed by atoms with Crippen LogP contribution in [0.2, 0.25) is 0 Å². The number of benzene rings is 1. The number of aliphatic carboxylic acids is 1. The van der Waals surface area contributed by atoms with Gasteiger partial charge in [0.25, 0.3) is 0 Å². The Balaban J connectivity index is 2.13. The summed E-state index contributed by atoms with van der Waals surface area (Å²) in [5.41, 5.74) is 13.0. The van der Waals surface area contributed by atoms with E-state index in [-0.39, 0.29) is 12.3 Å². The average Bonchev–Trinajstić information content (AvgIpc) is 3.31. The first-order valence-corrected chi connectivity index (χ1v) is 13.3. The number of hydrogen-bond donors (Lipinski definition) is 8. The molecule has 1 aromatic carbocycles. The molecule has 0 radical (unpaired) electrons. The molecule has 12 nitrogen and oxygen atoms in total. The van der Waals surface area contributed by atoms with Crippen molar-refractivity contribution in [3.63, 3.8) is 0 Å². The van der Waals surface area contributed by atoms with Gasteiger partial charge in [-0.15, -0.1) is 0 Å². The minimum Gasteiger partial charge on any atom is -0.480 e. The van der Waals surface area contributed by atoms with Crippen LogP contribution in [0.4, 0.5) is 0 Å². The van der Waals surface area contributed by atoms with Gasteiger partial charge in [-0.2, -0.15) is 0 Å². The summed E-state index contributed by atoms with van der Waals surface area (Å²) in [5, 5.41) is 28.5. The predicted octanol–water partition coefficient (Wildman–Crippen LogP) is 0.133. The second-order valence-electron chi connectivity index (χ2n) is 9.95. The van der Waals surface area contributed by atoms with Crippen LogP contribution in [0.5, 0.6) is 0 Å². The Morgan fingerprint density at radius 2 is 1.62 bits per heavy atom. The lowest BCUT2D eigenvalue weighted by Crippen LogP contribution is -2.61. The summed E-state index contributed by atoms with van der Waals surface area (Å²) in [5.74, 6) is -3.63. The molecule has 0 aliphatic carbocycles.